The molecule has 0 bridgehead atoms. The van der Waals surface area contributed by atoms with Crippen LogP contribution in [0.1, 0.15) is 72.8 Å². The standard InChI is InChI=1S/C25H43N3O4S/c1-19-11-13-22(14-12-19)33(30,31)32-27-18-25(6,7)16-24(4,5)17-26-23(29)15-28-20(2)9-8-10-21(28)3/h11-14,20-21,27H,8-10,15-18H2,1-7H3,(H,26,29). The SMILES string of the molecule is Cc1ccc(S(=O)(=O)ONCC(C)(C)CC(C)(C)CNC(=O)CN2C(C)CCCC2C)cc1. The number of amides is 1. The van der Waals surface area contributed by atoms with Gasteiger partial charge in [-0.1, -0.05) is 51.8 Å². The van der Waals surface area contributed by atoms with Crippen LogP contribution in [0, 0.1) is 17.8 Å². The van der Waals surface area contributed by atoms with Crippen molar-refractivity contribution in [2.75, 3.05) is 19.6 Å². The van der Waals surface area contributed by atoms with Gasteiger partial charge >= 0.3 is 10.1 Å². The quantitative estimate of drug-likeness (QED) is 0.464. The smallest absolute Gasteiger partial charge is 0.312 e. The first kappa shape index (κ1) is 27.8. The van der Waals surface area contributed by atoms with E-state index in [1.165, 1.54) is 18.6 Å². The van der Waals surface area contributed by atoms with Crippen molar-refractivity contribution in [3.8, 4) is 0 Å². The lowest BCUT2D eigenvalue weighted by molar-refractivity contribution is -0.124. The van der Waals surface area contributed by atoms with Crippen molar-refractivity contribution in [1.82, 2.24) is 15.7 Å². The van der Waals surface area contributed by atoms with E-state index in [9.17, 15) is 13.2 Å². The highest BCUT2D eigenvalue weighted by molar-refractivity contribution is 7.86. The monoisotopic (exact) mass is 481 g/mol. The van der Waals surface area contributed by atoms with Crippen molar-refractivity contribution in [3.63, 3.8) is 0 Å². The number of piperidine rings is 1. The predicted molar refractivity (Wildman–Crippen MR) is 132 cm³/mol. The lowest BCUT2D eigenvalue weighted by atomic mass is 9.75. The Morgan fingerprint density at radius 2 is 1.58 bits per heavy atom. The number of benzene rings is 1. The van der Waals surface area contributed by atoms with Crippen molar-refractivity contribution >= 4 is 16.0 Å². The van der Waals surface area contributed by atoms with E-state index in [1.54, 1.807) is 12.1 Å². The molecule has 188 valence electrons. The summed E-state index contributed by atoms with van der Waals surface area (Å²) in [7, 11) is -3.86. The third-order valence-electron chi connectivity index (χ3n) is 6.45. The number of aryl methyl sites for hydroxylation is 1. The van der Waals surface area contributed by atoms with Crippen LogP contribution in [-0.4, -0.2) is 50.9 Å². The second-order valence-electron chi connectivity index (χ2n) is 11.3. The van der Waals surface area contributed by atoms with Crippen LogP contribution in [0.15, 0.2) is 29.2 Å². The Morgan fingerprint density at radius 1 is 1.03 bits per heavy atom. The average Bonchev–Trinajstić information content (AvgIpc) is 2.68. The summed E-state index contributed by atoms with van der Waals surface area (Å²) in [6.07, 6.45) is 4.29. The molecule has 1 fully saturated rings. The normalized spacial score (nSPS) is 20.6. The van der Waals surface area contributed by atoms with Gasteiger partial charge in [-0.15, -0.1) is 0 Å². The molecule has 2 rings (SSSR count). The van der Waals surface area contributed by atoms with Crippen molar-refractivity contribution in [3.05, 3.63) is 29.8 Å². The Balaban J connectivity index is 1.80. The minimum atomic E-state index is -3.86. The molecule has 7 nitrogen and oxygen atoms in total. The molecule has 1 heterocycles. The minimum Gasteiger partial charge on any atom is -0.354 e. The van der Waals surface area contributed by atoms with Gasteiger partial charge < -0.3 is 5.32 Å². The fourth-order valence-corrected chi connectivity index (χ4v) is 5.60. The van der Waals surface area contributed by atoms with E-state index in [0.29, 0.717) is 31.7 Å². The molecule has 1 aliphatic heterocycles. The predicted octanol–water partition coefficient (Wildman–Crippen LogP) is 4.03. The van der Waals surface area contributed by atoms with Crippen molar-refractivity contribution in [2.45, 2.75) is 91.1 Å². The molecule has 0 spiro atoms. The van der Waals surface area contributed by atoms with Gasteiger partial charge in [0.15, 0.2) is 0 Å². The first-order chi connectivity index (χ1) is 15.2. The van der Waals surface area contributed by atoms with Crippen LogP contribution in [0.25, 0.3) is 0 Å². The summed E-state index contributed by atoms with van der Waals surface area (Å²) >= 11 is 0. The summed E-state index contributed by atoms with van der Waals surface area (Å²) in [5, 5.41) is 3.11. The van der Waals surface area contributed by atoms with E-state index in [-0.39, 0.29) is 21.6 Å². The van der Waals surface area contributed by atoms with E-state index < -0.39 is 10.1 Å². The van der Waals surface area contributed by atoms with E-state index in [4.69, 9.17) is 4.28 Å². The number of nitrogens with zero attached hydrogens (tertiary/aromatic N) is 1. The van der Waals surface area contributed by atoms with E-state index in [2.05, 4.69) is 57.2 Å². The summed E-state index contributed by atoms with van der Waals surface area (Å²) < 4.78 is 29.8. The third-order valence-corrected chi connectivity index (χ3v) is 7.64. The van der Waals surface area contributed by atoms with Gasteiger partial charge in [-0.2, -0.15) is 18.2 Å². The molecule has 2 N–H and O–H groups in total. The van der Waals surface area contributed by atoms with Gasteiger partial charge in [0.1, 0.15) is 0 Å². The largest absolute Gasteiger partial charge is 0.354 e. The highest BCUT2D eigenvalue weighted by atomic mass is 32.2. The molecule has 8 heteroatoms. The van der Waals surface area contributed by atoms with Gasteiger partial charge in [-0.3, -0.25) is 9.69 Å². The van der Waals surface area contributed by atoms with Crippen molar-refractivity contribution < 1.29 is 17.5 Å². The average molecular weight is 482 g/mol. The van der Waals surface area contributed by atoms with Gasteiger partial charge in [0.05, 0.1) is 11.4 Å². The van der Waals surface area contributed by atoms with Gasteiger partial charge in [0, 0.05) is 25.2 Å². The van der Waals surface area contributed by atoms with Crippen LogP contribution in [0.2, 0.25) is 0 Å². The zero-order valence-corrected chi connectivity index (χ0v) is 22.2. The summed E-state index contributed by atoms with van der Waals surface area (Å²) in [5.74, 6) is 0.0622. The number of carbonyl (C=O) groups is 1. The number of carbonyl (C=O) groups excluding carboxylic acids is 1. The number of nitrogens with one attached hydrogen (secondary N) is 2. The van der Waals surface area contributed by atoms with E-state index in [0.717, 1.165) is 24.8 Å². The third kappa shape index (κ3) is 9.00. The molecule has 0 saturated carbocycles. The zero-order chi connectivity index (χ0) is 24.9. The zero-order valence-electron chi connectivity index (χ0n) is 21.4. The van der Waals surface area contributed by atoms with Gasteiger partial charge in [0.2, 0.25) is 5.91 Å². The molecule has 0 aliphatic carbocycles. The second-order valence-corrected chi connectivity index (χ2v) is 12.8. The molecule has 1 amide bonds. The Kier molecular flexibility index (Phi) is 9.50. The molecule has 33 heavy (non-hydrogen) atoms. The van der Waals surface area contributed by atoms with Gasteiger partial charge in [-0.05, 0) is 63.0 Å². The van der Waals surface area contributed by atoms with E-state index in [1.807, 2.05) is 6.92 Å². The summed E-state index contributed by atoms with van der Waals surface area (Å²) in [6.45, 7) is 16.0. The Bertz CT molecular complexity index is 871. The second kappa shape index (κ2) is 11.3. The molecule has 2 atom stereocenters. The molecule has 1 aromatic carbocycles. The van der Waals surface area contributed by atoms with Crippen LogP contribution < -0.4 is 10.8 Å². The first-order valence-corrected chi connectivity index (χ1v) is 13.4. The highest BCUT2D eigenvalue weighted by Gasteiger charge is 2.31. The summed E-state index contributed by atoms with van der Waals surface area (Å²) in [5.41, 5.74) is 3.23. The lowest BCUT2D eigenvalue weighted by Crippen LogP contribution is -2.50. The number of likely N-dealkylation sites (tertiary alicyclic amines) is 1. The molecule has 1 aliphatic rings. The molecule has 1 saturated heterocycles. The van der Waals surface area contributed by atoms with Crippen LogP contribution >= 0.6 is 0 Å². The number of hydrogen-bond donors (Lipinski definition) is 2. The van der Waals surface area contributed by atoms with Crippen LogP contribution in [0.3, 0.4) is 0 Å². The maximum absolute atomic E-state index is 12.6. The lowest BCUT2D eigenvalue weighted by Gasteiger charge is -2.39. The molecule has 1 aromatic rings. The first-order valence-electron chi connectivity index (χ1n) is 12.0. The van der Waals surface area contributed by atoms with E-state index >= 15 is 0 Å². The Hall–Kier alpha value is -1.48. The molecule has 0 radical (unpaired) electrons. The van der Waals surface area contributed by atoms with Crippen LogP contribution in [-0.2, 0) is 19.2 Å². The number of rotatable bonds is 11. The van der Waals surface area contributed by atoms with Crippen LogP contribution in [0.5, 0.6) is 0 Å². The number of hydrogen-bond acceptors (Lipinski definition) is 6. The Labute approximate surface area is 200 Å². The molecule has 0 aromatic heterocycles. The van der Waals surface area contributed by atoms with Gasteiger partial charge in [0.25, 0.3) is 0 Å². The minimum absolute atomic E-state index is 0.0622. The maximum Gasteiger partial charge on any atom is 0.312 e. The molecule has 2 unspecified atom stereocenters. The van der Waals surface area contributed by atoms with Gasteiger partial charge in [-0.25, -0.2) is 0 Å². The summed E-state index contributed by atoms with van der Waals surface area (Å²) in [4.78, 5) is 15.0. The maximum atomic E-state index is 12.6. The van der Waals surface area contributed by atoms with Crippen LogP contribution in [0.4, 0.5) is 0 Å². The Morgan fingerprint density at radius 3 is 2.15 bits per heavy atom. The highest BCUT2D eigenvalue weighted by Crippen LogP contribution is 2.33. The fourth-order valence-electron chi connectivity index (χ4n) is 4.82. The summed E-state index contributed by atoms with van der Waals surface area (Å²) in [6, 6.07) is 7.43. The van der Waals surface area contributed by atoms with Crippen molar-refractivity contribution in [2.24, 2.45) is 10.8 Å². The fraction of sp³-hybridized carbons (Fsp3) is 0.720. The van der Waals surface area contributed by atoms with Crippen molar-refractivity contribution in [1.29, 1.82) is 0 Å². The topological polar surface area (TPSA) is 87.7 Å². The molecular weight excluding hydrogens is 438 g/mol. The number of hydroxylamine groups is 1. The molecular formula is C25H43N3O4S.